The van der Waals surface area contributed by atoms with E-state index in [2.05, 4.69) is 0 Å². The molecule has 0 N–H and O–H groups in total. The largest absolute Gasteiger partial charge is 0.463 e. The van der Waals surface area contributed by atoms with Crippen molar-refractivity contribution in [2.45, 2.75) is 58.5 Å². The summed E-state index contributed by atoms with van der Waals surface area (Å²) < 4.78 is 38.7. The second kappa shape index (κ2) is 8.57. The lowest BCUT2D eigenvalue weighted by Crippen LogP contribution is -2.61. The summed E-state index contributed by atoms with van der Waals surface area (Å²) in [5.41, 5.74) is 0. The first-order chi connectivity index (χ1) is 11.1. The average Bonchev–Trinajstić information content (AvgIpc) is 2.42. The maximum atomic E-state index is 14.2. The van der Waals surface area contributed by atoms with Crippen LogP contribution in [0.4, 0.5) is 4.39 Å². The van der Waals surface area contributed by atoms with Crippen molar-refractivity contribution < 1.29 is 47.3 Å². The van der Waals surface area contributed by atoms with Crippen LogP contribution in [0.2, 0.25) is 0 Å². The Morgan fingerprint density at radius 3 is 1.71 bits per heavy atom. The minimum atomic E-state index is -2.18. The van der Waals surface area contributed by atoms with E-state index in [9.17, 15) is 23.6 Å². The summed E-state index contributed by atoms with van der Waals surface area (Å²) in [5.74, 6) is -3.09. The number of carbonyl (C=O) groups is 4. The quantitative estimate of drug-likeness (QED) is 0.500. The number of rotatable bonds is 5. The Labute approximate surface area is 137 Å². The van der Waals surface area contributed by atoms with Gasteiger partial charge in [-0.1, -0.05) is 0 Å². The lowest BCUT2D eigenvalue weighted by molar-refractivity contribution is -0.277. The zero-order chi connectivity index (χ0) is 18.4. The number of halogens is 1. The number of ether oxygens (including phenoxy) is 5. The predicted octanol–water partition coefficient (Wildman–Crippen LogP) is 0.0390. The maximum Gasteiger partial charge on any atom is 0.303 e. The molecule has 10 heteroatoms. The first kappa shape index (κ1) is 19.8. The van der Waals surface area contributed by atoms with Crippen molar-refractivity contribution in [2.24, 2.45) is 0 Å². The molecule has 1 aliphatic heterocycles. The van der Waals surface area contributed by atoms with Crippen molar-refractivity contribution in [3.05, 3.63) is 0 Å². The molecule has 9 nitrogen and oxygen atoms in total. The van der Waals surface area contributed by atoms with E-state index in [-0.39, 0.29) is 0 Å². The van der Waals surface area contributed by atoms with Crippen LogP contribution in [-0.4, -0.2) is 61.3 Å². The molecule has 0 bridgehead atoms. The molecule has 24 heavy (non-hydrogen) atoms. The van der Waals surface area contributed by atoms with Crippen molar-refractivity contribution in [1.29, 1.82) is 0 Å². The Morgan fingerprint density at radius 1 is 0.792 bits per heavy atom. The third kappa shape index (κ3) is 5.76. The third-order valence-electron chi connectivity index (χ3n) is 2.93. The summed E-state index contributed by atoms with van der Waals surface area (Å²) in [7, 11) is 0. The van der Waals surface area contributed by atoms with Gasteiger partial charge in [-0.15, -0.1) is 0 Å². The summed E-state index contributed by atoms with van der Waals surface area (Å²) in [4.78, 5) is 44.7. The molecule has 5 atom stereocenters. The summed E-state index contributed by atoms with van der Waals surface area (Å²) >= 11 is 0. The fourth-order valence-electron chi connectivity index (χ4n) is 2.18. The summed E-state index contributed by atoms with van der Waals surface area (Å²) in [6, 6.07) is 0. The van der Waals surface area contributed by atoms with Gasteiger partial charge in [-0.25, -0.2) is 4.39 Å². The monoisotopic (exact) mass is 350 g/mol. The minimum Gasteiger partial charge on any atom is -0.463 e. The molecule has 1 rings (SSSR count). The van der Waals surface area contributed by atoms with Crippen LogP contribution in [0, 0.1) is 0 Å². The van der Waals surface area contributed by atoms with Crippen LogP contribution in [0.15, 0.2) is 0 Å². The smallest absolute Gasteiger partial charge is 0.303 e. The second-order valence-electron chi connectivity index (χ2n) is 5.05. The van der Waals surface area contributed by atoms with Crippen molar-refractivity contribution in [3.8, 4) is 0 Å². The molecule has 0 aliphatic carbocycles. The van der Waals surface area contributed by atoms with E-state index in [1.54, 1.807) is 0 Å². The van der Waals surface area contributed by atoms with Crippen molar-refractivity contribution in [3.63, 3.8) is 0 Å². The highest BCUT2D eigenvalue weighted by molar-refractivity contribution is 5.68. The molecule has 0 saturated carbocycles. The zero-order valence-electron chi connectivity index (χ0n) is 13.6. The summed E-state index contributed by atoms with van der Waals surface area (Å²) in [6.07, 6.45) is -7.85. The number of hydrogen-bond acceptors (Lipinski definition) is 9. The van der Waals surface area contributed by atoms with Crippen LogP contribution in [0.3, 0.4) is 0 Å². The topological polar surface area (TPSA) is 114 Å². The third-order valence-corrected chi connectivity index (χ3v) is 2.93. The van der Waals surface area contributed by atoms with Gasteiger partial charge < -0.3 is 23.7 Å². The van der Waals surface area contributed by atoms with E-state index >= 15 is 0 Å². The van der Waals surface area contributed by atoms with E-state index in [4.69, 9.17) is 23.7 Å². The summed E-state index contributed by atoms with van der Waals surface area (Å²) in [6.45, 7) is 3.85. The van der Waals surface area contributed by atoms with Gasteiger partial charge in [-0.2, -0.15) is 0 Å². The Hall–Kier alpha value is -2.23. The first-order valence-electron chi connectivity index (χ1n) is 7.06. The lowest BCUT2D eigenvalue weighted by atomic mass is 9.98. The molecule has 1 fully saturated rings. The first-order valence-corrected chi connectivity index (χ1v) is 7.06. The number of hydrogen-bond donors (Lipinski definition) is 0. The normalized spacial score (nSPS) is 29.3. The van der Waals surface area contributed by atoms with Crippen LogP contribution in [0.25, 0.3) is 0 Å². The van der Waals surface area contributed by atoms with E-state index < -0.39 is 61.3 Å². The highest BCUT2D eigenvalue weighted by Gasteiger charge is 2.52. The Kier molecular flexibility index (Phi) is 7.08. The number of carbonyl (C=O) groups excluding carboxylic acids is 4. The van der Waals surface area contributed by atoms with E-state index in [1.165, 1.54) is 0 Å². The van der Waals surface area contributed by atoms with Crippen LogP contribution in [0.5, 0.6) is 0 Å². The Balaban J connectivity index is 3.11. The minimum absolute atomic E-state index is 0.446. The molecule has 0 aromatic heterocycles. The molecule has 0 radical (unpaired) electrons. The fraction of sp³-hybridized carbons (Fsp3) is 0.714. The van der Waals surface area contributed by atoms with Gasteiger partial charge >= 0.3 is 23.9 Å². The van der Waals surface area contributed by atoms with Gasteiger partial charge in [0.25, 0.3) is 0 Å². The van der Waals surface area contributed by atoms with Crippen LogP contribution >= 0.6 is 0 Å². The molecule has 1 saturated heterocycles. The Morgan fingerprint density at radius 2 is 1.25 bits per heavy atom. The van der Waals surface area contributed by atoms with Crippen molar-refractivity contribution in [1.82, 2.24) is 0 Å². The fourth-order valence-corrected chi connectivity index (χ4v) is 2.18. The van der Waals surface area contributed by atoms with Crippen LogP contribution in [-0.2, 0) is 42.9 Å². The van der Waals surface area contributed by atoms with Gasteiger partial charge in [0.05, 0.1) is 0 Å². The highest BCUT2D eigenvalue weighted by Crippen LogP contribution is 2.29. The molecular formula is C14H19FO9. The lowest BCUT2D eigenvalue weighted by Gasteiger charge is -2.41. The molecular weight excluding hydrogens is 331 g/mol. The van der Waals surface area contributed by atoms with Crippen LogP contribution < -0.4 is 0 Å². The molecule has 1 unspecified atom stereocenters. The Bertz CT molecular complexity index is 506. The molecule has 0 spiro atoms. The van der Waals surface area contributed by atoms with E-state index in [0.29, 0.717) is 0 Å². The molecule has 1 aliphatic rings. The number of alkyl halides is 1. The van der Waals surface area contributed by atoms with Gasteiger partial charge in [0, 0.05) is 27.7 Å². The zero-order valence-corrected chi connectivity index (χ0v) is 13.6. The van der Waals surface area contributed by atoms with Gasteiger partial charge in [-0.05, 0) is 0 Å². The van der Waals surface area contributed by atoms with Crippen molar-refractivity contribution >= 4 is 23.9 Å². The highest BCUT2D eigenvalue weighted by atomic mass is 19.1. The molecule has 0 aromatic carbocycles. The average molecular weight is 350 g/mol. The van der Waals surface area contributed by atoms with Crippen LogP contribution in [0.1, 0.15) is 27.7 Å². The molecule has 136 valence electrons. The van der Waals surface area contributed by atoms with Gasteiger partial charge in [0.1, 0.15) is 12.7 Å². The van der Waals surface area contributed by atoms with Gasteiger partial charge in [0.2, 0.25) is 6.36 Å². The van der Waals surface area contributed by atoms with Gasteiger partial charge in [-0.3, -0.25) is 19.2 Å². The SMILES string of the molecule is CC(=O)OC[C@@H]1OC(F)[C@H](OC(C)=O)[C@@H](OC(C)=O)[C@@H]1OC(C)=O. The second-order valence-corrected chi connectivity index (χ2v) is 5.05. The molecule has 1 heterocycles. The van der Waals surface area contributed by atoms with Crippen molar-refractivity contribution in [2.75, 3.05) is 6.61 Å². The van der Waals surface area contributed by atoms with E-state index in [1.807, 2.05) is 0 Å². The number of esters is 4. The summed E-state index contributed by atoms with van der Waals surface area (Å²) in [5, 5.41) is 0. The molecule has 0 amide bonds. The maximum absolute atomic E-state index is 14.2. The van der Waals surface area contributed by atoms with Gasteiger partial charge in [0.15, 0.2) is 18.3 Å². The van der Waals surface area contributed by atoms with E-state index in [0.717, 1.165) is 27.7 Å². The standard InChI is InChI=1S/C14H19FO9/c1-6(16)20-5-10-11(21-7(2)17)12(22-8(3)18)13(14(15)24-10)23-9(4)19/h10-14H,5H2,1-4H3/t10-,11+,12-,13+,14?/m0/s1. The molecule has 0 aromatic rings. The predicted molar refractivity (Wildman–Crippen MR) is 73.1 cm³/mol.